The third kappa shape index (κ3) is 5.16. The third-order valence-electron chi connectivity index (χ3n) is 5.13. The smallest absolute Gasteiger partial charge is 0.350 e. The first-order valence-electron chi connectivity index (χ1n) is 9.59. The second-order valence-electron chi connectivity index (χ2n) is 7.49. The lowest BCUT2D eigenvalue weighted by Gasteiger charge is -2.16. The molecule has 2 fully saturated rings. The first kappa shape index (κ1) is 22.8. The van der Waals surface area contributed by atoms with Gasteiger partial charge in [0, 0.05) is 19.1 Å². The fourth-order valence-electron chi connectivity index (χ4n) is 3.56. The molecular weight excluding hydrogens is 457 g/mol. The van der Waals surface area contributed by atoms with Crippen LogP contribution in [0.1, 0.15) is 12.6 Å². The van der Waals surface area contributed by atoms with Crippen molar-refractivity contribution in [1.29, 1.82) is 0 Å². The van der Waals surface area contributed by atoms with Gasteiger partial charge < -0.3 is 39.5 Å². The van der Waals surface area contributed by atoms with Crippen molar-refractivity contribution in [3.05, 3.63) is 11.5 Å². The second kappa shape index (κ2) is 9.22. The molecule has 5 atom stereocenters. The molecule has 5 N–H and O–H groups in total. The SMILES string of the molecule is O=P(O)(O)COC[C@H]1O[C@@H](n2ncc3c(NC[C@@H]4CCOC4)nc(Cl)nc32)[C@H](O)[C@@H]1O. The highest BCUT2D eigenvalue weighted by Crippen LogP contribution is 2.36. The van der Waals surface area contributed by atoms with Gasteiger partial charge in [-0.2, -0.15) is 15.1 Å². The summed E-state index contributed by atoms with van der Waals surface area (Å²) in [5.74, 6) is 0.825. The molecule has 0 spiro atoms. The Morgan fingerprint density at radius 1 is 1.32 bits per heavy atom. The van der Waals surface area contributed by atoms with Crippen LogP contribution in [-0.2, 0) is 18.8 Å². The number of aromatic nitrogens is 4. The Labute approximate surface area is 181 Å². The van der Waals surface area contributed by atoms with Gasteiger partial charge in [0.15, 0.2) is 11.9 Å². The van der Waals surface area contributed by atoms with Crippen molar-refractivity contribution in [2.24, 2.45) is 5.92 Å². The lowest BCUT2D eigenvalue weighted by Crippen LogP contribution is -2.34. The van der Waals surface area contributed by atoms with Gasteiger partial charge in [0.25, 0.3) is 0 Å². The highest BCUT2D eigenvalue weighted by Gasteiger charge is 2.45. The molecule has 2 aromatic rings. The van der Waals surface area contributed by atoms with E-state index in [-0.39, 0.29) is 11.9 Å². The second-order valence-corrected chi connectivity index (χ2v) is 9.41. The van der Waals surface area contributed by atoms with Crippen LogP contribution in [0.15, 0.2) is 6.20 Å². The Balaban J connectivity index is 1.51. The zero-order valence-electron chi connectivity index (χ0n) is 16.2. The number of ether oxygens (including phenoxy) is 3. The van der Waals surface area contributed by atoms with Crippen LogP contribution in [0.4, 0.5) is 5.82 Å². The van der Waals surface area contributed by atoms with Crippen molar-refractivity contribution in [3.63, 3.8) is 0 Å². The van der Waals surface area contributed by atoms with Crippen molar-refractivity contribution in [2.75, 3.05) is 38.0 Å². The number of aliphatic hydroxyl groups excluding tert-OH is 2. The van der Waals surface area contributed by atoms with Gasteiger partial charge in [-0.25, -0.2) is 4.68 Å². The summed E-state index contributed by atoms with van der Waals surface area (Å²) < 4.78 is 28.1. The van der Waals surface area contributed by atoms with Gasteiger partial charge in [0.2, 0.25) is 5.28 Å². The van der Waals surface area contributed by atoms with Crippen molar-refractivity contribution < 1.29 is 38.8 Å². The van der Waals surface area contributed by atoms with Crippen molar-refractivity contribution in [3.8, 4) is 0 Å². The van der Waals surface area contributed by atoms with Crippen LogP contribution >= 0.6 is 19.2 Å². The Bertz CT molecular complexity index is 967. The van der Waals surface area contributed by atoms with E-state index in [1.807, 2.05) is 0 Å². The van der Waals surface area contributed by atoms with Crippen LogP contribution in [0.25, 0.3) is 11.0 Å². The topological polar surface area (TPSA) is 181 Å². The maximum atomic E-state index is 10.9. The van der Waals surface area contributed by atoms with E-state index < -0.39 is 38.5 Å². The molecule has 0 amide bonds. The fraction of sp³-hybridized carbons (Fsp3) is 0.688. The molecule has 0 saturated carbocycles. The van der Waals surface area contributed by atoms with Gasteiger partial charge in [-0.15, -0.1) is 0 Å². The van der Waals surface area contributed by atoms with Gasteiger partial charge in [-0.1, -0.05) is 0 Å². The lowest BCUT2D eigenvalue weighted by atomic mass is 10.1. The molecule has 15 heteroatoms. The summed E-state index contributed by atoms with van der Waals surface area (Å²) in [6.45, 7) is 1.70. The molecule has 2 aromatic heterocycles. The Hall–Kier alpha value is -1.41. The number of hydrogen-bond donors (Lipinski definition) is 5. The molecule has 2 saturated heterocycles. The number of anilines is 1. The minimum atomic E-state index is -4.37. The summed E-state index contributed by atoms with van der Waals surface area (Å²) in [6.07, 6.45) is -3.26. The number of fused-ring (bicyclic) bond motifs is 1. The molecule has 0 unspecified atom stereocenters. The van der Waals surface area contributed by atoms with Crippen molar-refractivity contribution in [1.82, 2.24) is 19.7 Å². The summed E-state index contributed by atoms with van der Waals surface area (Å²) in [7, 11) is -4.37. The maximum absolute atomic E-state index is 10.9. The van der Waals surface area contributed by atoms with Crippen LogP contribution in [0, 0.1) is 5.92 Å². The molecule has 0 radical (unpaired) electrons. The largest absolute Gasteiger partial charge is 0.387 e. The summed E-state index contributed by atoms with van der Waals surface area (Å²) in [6, 6.07) is 0. The van der Waals surface area contributed by atoms with Gasteiger partial charge in [-0.3, -0.25) is 4.57 Å². The van der Waals surface area contributed by atoms with E-state index in [1.54, 1.807) is 0 Å². The Kier molecular flexibility index (Phi) is 6.77. The number of rotatable bonds is 8. The van der Waals surface area contributed by atoms with Crippen molar-refractivity contribution in [2.45, 2.75) is 31.0 Å². The molecular formula is C16H23ClN5O8P. The number of nitrogens with one attached hydrogen (secondary N) is 1. The molecule has 2 aliphatic heterocycles. The Morgan fingerprint density at radius 3 is 2.84 bits per heavy atom. The van der Waals surface area contributed by atoms with Crippen LogP contribution in [0.5, 0.6) is 0 Å². The first-order chi connectivity index (χ1) is 14.7. The fourth-order valence-corrected chi connectivity index (χ4v) is 4.07. The third-order valence-corrected chi connectivity index (χ3v) is 5.82. The zero-order chi connectivity index (χ0) is 22.2. The minimum Gasteiger partial charge on any atom is -0.387 e. The number of halogens is 1. The van der Waals surface area contributed by atoms with E-state index in [4.69, 9.17) is 35.6 Å². The summed E-state index contributed by atoms with van der Waals surface area (Å²) in [4.78, 5) is 26.1. The van der Waals surface area contributed by atoms with Crippen LogP contribution in [0.3, 0.4) is 0 Å². The lowest BCUT2D eigenvalue weighted by molar-refractivity contribution is -0.0658. The number of hydrogen-bond acceptors (Lipinski definition) is 10. The van der Waals surface area contributed by atoms with E-state index in [0.29, 0.717) is 35.9 Å². The average molecular weight is 480 g/mol. The standard InChI is InChI=1S/C16H23ClN5O8P/c17-16-20-13(18-3-8-1-2-28-5-8)9-4-19-22(14(9)21-16)15-12(24)11(23)10(30-15)6-29-7-31(25,26)27/h4,8,10-12,15,23-24H,1-3,5-7H2,(H,18,20,21)(H2,25,26,27)/t8-,10+,11+,12+,15+/m0/s1. The number of aliphatic hydroxyl groups is 2. The quantitative estimate of drug-likeness (QED) is 0.246. The molecule has 4 rings (SSSR count). The predicted molar refractivity (Wildman–Crippen MR) is 107 cm³/mol. The zero-order valence-corrected chi connectivity index (χ0v) is 17.9. The molecule has 0 bridgehead atoms. The van der Waals surface area contributed by atoms with Crippen LogP contribution < -0.4 is 5.32 Å². The van der Waals surface area contributed by atoms with E-state index in [2.05, 4.69) is 20.4 Å². The number of nitrogens with zero attached hydrogens (tertiary/aromatic N) is 4. The van der Waals surface area contributed by atoms with Crippen LogP contribution in [0.2, 0.25) is 5.28 Å². The van der Waals surface area contributed by atoms with Gasteiger partial charge in [-0.05, 0) is 18.0 Å². The average Bonchev–Trinajstić information content (AvgIpc) is 3.41. The maximum Gasteiger partial charge on any atom is 0.350 e. The van der Waals surface area contributed by atoms with E-state index >= 15 is 0 Å². The van der Waals surface area contributed by atoms with Gasteiger partial charge >= 0.3 is 7.60 Å². The summed E-state index contributed by atoms with van der Waals surface area (Å²) in [5, 5.41) is 28.7. The summed E-state index contributed by atoms with van der Waals surface area (Å²) in [5.41, 5.74) is 0.290. The monoisotopic (exact) mass is 479 g/mol. The molecule has 172 valence electrons. The Morgan fingerprint density at radius 2 is 2.13 bits per heavy atom. The molecule has 31 heavy (non-hydrogen) atoms. The van der Waals surface area contributed by atoms with Crippen molar-refractivity contribution >= 4 is 36.0 Å². The molecule has 2 aliphatic rings. The highest BCUT2D eigenvalue weighted by atomic mass is 35.5. The molecule has 13 nitrogen and oxygen atoms in total. The minimum absolute atomic E-state index is 0.0333. The van der Waals surface area contributed by atoms with E-state index in [9.17, 15) is 14.8 Å². The molecule has 0 aliphatic carbocycles. The van der Waals surface area contributed by atoms with Gasteiger partial charge in [0.05, 0.1) is 24.8 Å². The normalized spacial score (nSPS) is 29.1. The van der Waals surface area contributed by atoms with Crippen LogP contribution in [-0.4, -0.2) is 90.8 Å². The highest BCUT2D eigenvalue weighted by molar-refractivity contribution is 7.51. The van der Waals surface area contributed by atoms with Gasteiger partial charge in [0.1, 0.15) is 30.5 Å². The predicted octanol–water partition coefficient (Wildman–Crippen LogP) is -0.301. The molecule has 0 aromatic carbocycles. The summed E-state index contributed by atoms with van der Waals surface area (Å²) >= 11 is 6.09. The van der Waals surface area contributed by atoms with E-state index in [0.717, 1.165) is 13.0 Å². The first-order valence-corrected chi connectivity index (χ1v) is 11.8. The van der Waals surface area contributed by atoms with E-state index in [1.165, 1.54) is 10.9 Å². The molecule has 4 heterocycles.